The number of nitrogens with one attached hydrogen (secondary N) is 1. The van der Waals surface area contributed by atoms with E-state index in [0.717, 1.165) is 23.7 Å². The Bertz CT molecular complexity index is 618. The number of carbonyl (C=O) groups is 1. The van der Waals surface area contributed by atoms with Gasteiger partial charge in [-0.1, -0.05) is 0 Å². The number of β-amino-alcohol motifs (C(OH)–C–C–N with tert-alkyl or cyclic N) is 1. The summed E-state index contributed by atoms with van der Waals surface area (Å²) in [5, 5.41) is 17.8. The topological polar surface area (TPSA) is 69.2 Å². The van der Waals surface area contributed by atoms with Crippen molar-refractivity contribution in [3.05, 3.63) is 30.0 Å². The molecule has 0 spiro atoms. The minimum Gasteiger partial charge on any atom is -0.388 e. The minimum atomic E-state index is -0.770. The number of carbonyl (C=O) groups excluding carboxylic acids is 1. The summed E-state index contributed by atoms with van der Waals surface area (Å²) < 4.78 is 0. The highest BCUT2D eigenvalue weighted by Gasteiger charge is 2.31. The highest BCUT2D eigenvalue weighted by Crippen LogP contribution is 2.22. The van der Waals surface area contributed by atoms with Crippen molar-refractivity contribution in [2.24, 2.45) is 0 Å². The minimum absolute atomic E-state index is 0.0249. The van der Waals surface area contributed by atoms with Crippen molar-refractivity contribution in [3.8, 4) is 0 Å². The predicted octanol–water partition coefficient (Wildman–Crippen LogP) is 1.55. The first-order valence-corrected chi connectivity index (χ1v) is 6.50. The van der Waals surface area contributed by atoms with Crippen LogP contribution < -0.4 is 0 Å². The molecular weight excluding hydrogens is 242 g/mol. The van der Waals surface area contributed by atoms with Crippen molar-refractivity contribution in [1.82, 2.24) is 15.1 Å². The molecule has 2 heterocycles. The molecule has 3 rings (SSSR count). The summed E-state index contributed by atoms with van der Waals surface area (Å²) in [6.45, 7) is 2.89. The van der Waals surface area contributed by atoms with E-state index in [1.54, 1.807) is 24.1 Å². The molecule has 1 aromatic carbocycles. The Morgan fingerprint density at radius 1 is 1.53 bits per heavy atom. The van der Waals surface area contributed by atoms with E-state index in [2.05, 4.69) is 10.2 Å². The first-order valence-electron chi connectivity index (χ1n) is 6.50. The molecular formula is C14H17N3O2. The lowest BCUT2D eigenvalue weighted by Crippen LogP contribution is -2.48. The Kier molecular flexibility index (Phi) is 2.78. The maximum atomic E-state index is 12.4. The number of aliphatic hydroxyl groups is 1. The molecule has 1 amide bonds. The Morgan fingerprint density at radius 2 is 2.37 bits per heavy atom. The second-order valence-corrected chi connectivity index (χ2v) is 5.50. The molecule has 0 saturated carbocycles. The molecule has 0 aliphatic carbocycles. The number of benzene rings is 1. The zero-order valence-electron chi connectivity index (χ0n) is 10.9. The summed E-state index contributed by atoms with van der Waals surface area (Å²) >= 11 is 0. The Morgan fingerprint density at radius 3 is 3.16 bits per heavy atom. The molecule has 1 fully saturated rings. The standard InChI is InChI=1S/C14H17N3O2/c1-14(19)5-2-6-17(9-14)13(18)10-3-4-12-11(7-10)8-15-16-12/h3-4,7-8,19H,2,5-6,9H2,1H3,(H,15,16). The molecule has 1 saturated heterocycles. The van der Waals surface area contributed by atoms with E-state index < -0.39 is 5.60 Å². The van der Waals surface area contributed by atoms with Gasteiger partial charge in [-0.15, -0.1) is 0 Å². The Labute approximate surface area is 111 Å². The average Bonchev–Trinajstić information content (AvgIpc) is 2.83. The molecule has 1 aliphatic heterocycles. The number of nitrogens with zero attached hydrogens (tertiary/aromatic N) is 2. The molecule has 0 bridgehead atoms. The van der Waals surface area contributed by atoms with Crippen LogP contribution in [0, 0.1) is 0 Å². The molecule has 1 unspecified atom stereocenters. The highest BCUT2D eigenvalue weighted by molar-refractivity contribution is 5.97. The van der Waals surface area contributed by atoms with Crippen molar-refractivity contribution in [1.29, 1.82) is 0 Å². The summed E-state index contributed by atoms with van der Waals surface area (Å²) in [6, 6.07) is 5.49. The SMILES string of the molecule is CC1(O)CCCN(C(=O)c2ccc3[nH]ncc3c2)C1. The van der Waals surface area contributed by atoms with Crippen LogP contribution in [0.25, 0.3) is 10.9 Å². The monoisotopic (exact) mass is 259 g/mol. The van der Waals surface area contributed by atoms with E-state index in [1.165, 1.54) is 0 Å². The maximum Gasteiger partial charge on any atom is 0.253 e. The van der Waals surface area contributed by atoms with E-state index in [0.29, 0.717) is 18.7 Å². The molecule has 100 valence electrons. The van der Waals surface area contributed by atoms with Crippen LogP contribution in [0.3, 0.4) is 0 Å². The quantitative estimate of drug-likeness (QED) is 0.816. The molecule has 0 radical (unpaired) electrons. The fourth-order valence-electron chi connectivity index (χ4n) is 2.65. The van der Waals surface area contributed by atoms with Gasteiger partial charge in [-0.05, 0) is 38.0 Å². The lowest BCUT2D eigenvalue weighted by atomic mass is 9.94. The molecule has 1 aliphatic rings. The van der Waals surface area contributed by atoms with Crippen LogP contribution >= 0.6 is 0 Å². The first kappa shape index (κ1) is 12.2. The van der Waals surface area contributed by atoms with E-state index in [4.69, 9.17) is 0 Å². The number of piperidine rings is 1. The molecule has 5 heteroatoms. The maximum absolute atomic E-state index is 12.4. The number of aromatic amines is 1. The third-order valence-corrected chi connectivity index (χ3v) is 3.65. The summed E-state index contributed by atoms with van der Waals surface area (Å²) in [4.78, 5) is 14.2. The van der Waals surface area contributed by atoms with Gasteiger partial charge in [0.1, 0.15) is 0 Å². The van der Waals surface area contributed by atoms with Gasteiger partial charge in [0.25, 0.3) is 5.91 Å². The zero-order chi connectivity index (χ0) is 13.5. The zero-order valence-corrected chi connectivity index (χ0v) is 10.9. The van der Waals surface area contributed by atoms with Gasteiger partial charge in [0.05, 0.1) is 17.3 Å². The second kappa shape index (κ2) is 4.35. The molecule has 1 aromatic heterocycles. The van der Waals surface area contributed by atoms with Gasteiger partial charge in [-0.3, -0.25) is 9.89 Å². The number of fused-ring (bicyclic) bond motifs is 1. The van der Waals surface area contributed by atoms with Gasteiger partial charge in [-0.2, -0.15) is 5.10 Å². The third-order valence-electron chi connectivity index (χ3n) is 3.65. The van der Waals surface area contributed by atoms with Crippen LogP contribution in [-0.4, -0.2) is 44.8 Å². The van der Waals surface area contributed by atoms with Crippen molar-refractivity contribution in [3.63, 3.8) is 0 Å². The van der Waals surface area contributed by atoms with E-state index in [1.807, 2.05) is 12.1 Å². The molecule has 2 aromatic rings. The van der Waals surface area contributed by atoms with Crippen molar-refractivity contribution in [2.75, 3.05) is 13.1 Å². The van der Waals surface area contributed by atoms with Crippen molar-refractivity contribution < 1.29 is 9.90 Å². The third kappa shape index (κ3) is 2.33. The number of hydrogen-bond acceptors (Lipinski definition) is 3. The van der Waals surface area contributed by atoms with Crippen molar-refractivity contribution >= 4 is 16.8 Å². The van der Waals surface area contributed by atoms with Crippen LogP contribution in [-0.2, 0) is 0 Å². The van der Waals surface area contributed by atoms with E-state index in [9.17, 15) is 9.90 Å². The molecule has 2 N–H and O–H groups in total. The largest absolute Gasteiger partial charge is 0.388 e. The van der Waals surface area contributed by atoms with Crippen LogP contribution in [0.2, 0.25) is 0 Å². The number of amides is 1. The van der Waals surface area contributed by atoms with Crippen molar-refractivity contribution in [2.45, 2.75) is 25.4 Å². The fraction of sp³-hybridized carbons (Fsp3) is 0.429. The fourth-order valence-corrected chi connectivity index (χ4v) is 2.65. The number of H-pyrrole nitrogens is 1. The smallest absolute Gasteiger partial charge is 0.253 e. The van der Waals surface area contributed by atoms with E-state index in [-0.39, 0.29) is 5.91 Å². The van der Waals surface area contributed by atoms with Crippen LogP contribution in [0.5, 0.6) is 0 Å². The molecule has 1 atom stereocenters. The first-order chi connectivity index (χ1) is 9.05. The van der Waals surface area contributed by atoms with Gasteiger partial charge < -0.3 is 10.0 Å². The average molecular weight is 259 g/mol. The summed E-state index contributed by atoms with van der Waals surface area (Å²) in [7, 11) is 0. The summed E-state index contributed by atoms with van der Waals surface area (Å²) in [5.41, 5.74) is 0.794. The highest BCUT2D eigenvalue weighted by atomic mass is 16.3. The van der Waals surface area contributed by atoms with Gasteiger partial charge in [-0.25, -0.2) is 0 Å². The Hall–Kier alpha value is -1.88. The van der Waals surface area contributed by atoms with Gasteiger partial charge in [0.2, 0.25) is 0 Å². The van der Waals surface area contributed by atoms with Gasteiger partial charge >= 0.3 is 0 Å². The number of likely N-dealkylation sites (tertiary alicyclic amines) is 1. The number of hydrogen-bond donors (Lipinski definition) is 2. The lowest BCUT2D eigenvalue weighted by molar-refractivity contribution is -0.0107. The van der Waals surface area contributed by atoms with Gasteiger partial charge in [0, 0.05) is 24.0 Å². The Balaban J connectivity index is 1.86. The summed E-state index contributed by atoms with van der Waals surface area (Å²) in [5.74, 6) is -0.0249. The molecule has 19 heavy (non-hydrogen) atoms. The van der Waals surface area contributed by atoms with Crippen LogP contribution in [0.4, 0.5) is 0 Å². The number of rotatable bonds is 1. The number of aromatic nitrogens is 2. The lowest BCUT2D eigenvalue weighted by Gasteiger charge is -2.36. The molecule has 5 nitrogen and oxygen atoms in total. The predicted molar refractivity (Wildman–Crippen MR) is 71.9 cm³/mol. The summed E-state index contributed by atoms with van der Waals surface area (Å²) in [6.07, 6.45) is 3.29. The van der Waals surface area contributed by atoms with Crippen LogP contribution in [0.1, 0.15) is 30.1 Å². The van der Waals surface area contributed by atoms with E-state index >= 15 is 0 Å². The normalized spacial score (nSPS) is 23.8. The van der Waals surface area contributed by atoms with Crippen LogP contribution in [0.15, 0.2) is 24.4 Å². The van der Waals surface area contributed by atoms with Gasteiger partial charge in [0.15, 0.2) is 0 Å². The second-order valence-electron chi connectivity index (χ2n) is 5.50.